The minimum absolute atomic E-state index is 0.547. The van der Waals surface area contributed by atoms with Crippen molar-refractivity contribution in [3.63, 3.8) is 0 Å². The third-order valence-electron chi connectivity index (χ3n) is 5.11. The molecule has 1 saturated heterocycles. The van der Waals surface area contributed by atoms with Gasteiger partial charge in [0.05, 0.1) is 17.2 Å². The quantitative estimate of drug-likeness (QED) is 0.610. The predicted molar refractivity (Wildman–Crippen MR) is 114 cm³/mol. The molecule has 0 spiro atoms. The molecule has 3 rings (SSSR count). The number of hydrogen-bond acceptors (Lipinski definition) is 4. The largest absolute Gasteiger partial charge is 0.355 e. The number of guanidine groups is 1. The molecule has 0 amide bonds. The zero-order valence-electron chi connectivity index (χ0n) is 16.7. The molecule has 1 unspecified atom stereocenters. The van der Waals surface area contributed by atoms with Crippen LogP contribution in [0, 0.1) is 6.92 Å². The van der Waals surface area contributed by atoms with Crippen LogP contribution in [0.25, 0.3) is 0 Å². The zero-order valence-corrected chi connectivity index (χ0v) is 17.5. The highest BCUT2D eigenvalue weighted by molar-refractivity contribution is 7.09. The number of aryl methyl sites for hydroxylation is 1. The second-order valence-electron chi connectivity index (χ2n) is 7.25. The normalized spacial score (nSPS) is 18.5. The number of hydrogen-bond donors (Lipinski definition) is 1. The van der Waals surface area contributed by atoms with Crippen LogP contribution in [-0.4, -0.2) is 54.0 Å². The van der Waals surface area contributed by atoms with Crippen molar-refractivity contribution in [2.75, 3.05) is 27.2 Å². The van der Waals surface area contributed by atoms with E-state index in [1.807, 2.05) is 14.0 Å². The van der Waals surface area contributed by atoms with Gasteiger partial charge in [-0.05, 0) is 31.9 Å². The summed E-state index contributed by atoms with van der Waals surface area (Å²) in [6.45, 7) is 5.96. The van der Waals surface area contributed by atoms with Crippen molar-refractivity contribution in [3.8, 4) is 0 Å². The van der Waals surface area contributed by atoms with Crippen molar-refractivity contribution >= 4 is 17.3 Å². The Morgan fingerprint density at radius 1 is 1.33 bits per heavy atom. The Labute approximate surface area is 167 Å². The van der Waals surface area contributed by atoms with Gasteiger partial charge in [-0.1, -0.05) is 36.8 Å². The monoisotopic (exact) mass is 385 g/mol. The number of nitrogens with zero attached hydrogens (tertiary/aromatic N) is 4. The molecule has 0 bridgehead atoms. The van der Waals surface area contributed by atoms with E-state index in [4.69, 9.17) is 0 Å². The number of thiazole rings is 1. The van der Waals surface area contributed by atoms with Crippen LogP contribution in [0.2, 0.25) is 0 Å². The standard InChI is InChI=1S/C21H31N5S/c1-17-24-19(16-27-17)15-25(3)21(22-2)23-13-20-11-7-8-12-26(20)14-18-9-5-4-6-10-18/h4-6,9-10,16,20H,7-8,11-15H2,1-3H3,(H,22,23). The maximum atomic E-state index is 4.56. The Bertz CT molecular complexity index is 727. The molecule has 2 heterocycles. The van der Waals surface area contributed by atoms with Crippen LogP contribution in [0.15, 0.2) is 40.7 Å². The molecule has 2 aromatic rings. The molecule has 5 nitrogen and oxygen atoms in total. The summed E-state index contributed by atoms with van der Waals surface area (Å²) in [7, 11) is 3.93. The minimum Gasteiger partial charge on any atom is -0.355 e. The third-order valence-corrected chi connectivity index (χ3v) is 5.93. The first-order valence-electron chi connectivity index (χ1n) is 9.76. The van der Waals surface area contributed by atoms with Gasteiger partial charge in [-0.25, -0.2) is 4.98 Å². The van der Waals surface area contributed by atoms with Crippen molar-refractivity contribution in [2.45, 2.75) is 45.3 Å². The molecule has 146 valence electrons. The smallest absolute Gasteiger partial charge is 0.193 e. The van der Waals surface area contributed by atoms with Gasteiger partial charge in [0.15, 0.2) is 5.96 Å². The molecular formula is C21H31N5S. The molecule has 27 heavy (non-hydrogen) atoms. The number of benzene rings is 1. The highest BCUT2D eigenvalue weighted by Crippen LogP contribution is 2.19. The fourth-order valence-corrected chi connectivity index (χ4v) is 4.31. The van der Waals surface area contributed by atoms with E-state index in [9.17, 15) is 0 Å². The highest BCUT2D eigenvalue weighted by atomic mass is 32.1. The lowest BCUT2D eigenvalue weighted by atomic mass is 10.0. The molecule has 1 aromatic carbocycles. The van der Waals surface area contributed by atoms with Gasteiger partial charge in [-0.2, -0.15) is 0 Å². The summed E-state index contributed by atoms with van der Waals surface area (Å²) < 4.78 is 0. The van der Waals surface area contributed by atoms with Crippen molar-refractivity contribution in [1.82, 2.24) is 20.1 Å². The molecule has 6 heteroatoms. The van der Waals surface area contributed by atoms with Gasteiger partial charge in [0.1, 0.15) is 0 Å². The van der Waals surface area contributed by atoms with Gasteiger partial charge in [0.25, 0.3) is 0 Å². The second kappa shape index (κ2) is 9.85. The lowest BCUT2D eigenvalue weighted by Gasteiger charge is -2.36. The topological polar surface area (TPSA) is 43.8 Å². The maximum absolute atomic E-state index is 4.56. The fraction of sp³-hybridized carbons (Fsp3) is 0.524. The Morgan fingerprint density at radius 2 is 2.15 bits per heavy atom. The number of piperidine rings is 1. The van der Waals surface area contributed by atoms with E-state index in [1.165, 1.54) is 31.4 Å². The van der Waals surface area contributed by atoms with Gasteiger partial charge in [0, 0.05) is 38.6 Å². The molecule has 1 fully saturated rings. The van der Waals surface area contributed by atoms with E-state index >= 15 is 0 Å². The average molecular weight is 386 g/mol. The summed E-state index contributed by atoms with van der Waals surface area (Å²) in [6.07, 6.45) is 3.84. The van der Waals surface area contributed by atoms with E-state index in [0.717, 1.165) is 36.3 Å². The first kappa shape index (κ1) is 19.8. The van der Waals surface area contributed by atoms with Crippen molar-refractivity contribution in [2.24, 2.45) is 4.99 Å². The summed E-state index contributed by atoms with van der Waals surface area (Å²) in [4.78, 5) is 13.8. The zero-order chi connectivity index (χ0) is 19.1. The molecule has 1 aliphatic rings. The van der Waals surface area contributed by atoms with E-state index in [1.54, 1.807) is 11.3 Å². The summed E-state index contributed by atoms with van der Waals surface area (Å²) in [6, 6.07) is 11.3. The summed E-state index contributed by atoms with van der Waals surface area (Å²) >= 11 is 1.70. The van der Waals surface area contributed by atoms with Gasteiger partial charge in [-0.3, -0.25) is 9.89 Å². The third kappa shape index (κ3) is 5.78. The fourth-order valence-electron chi connectivity index (χ4n) is 3.71. The van der Waals surface area contributed by atoms with Gasteiger partial charge in [-0.15, -0.1) is 11.3 Å². The first-order valence-corrected chi connectivity index (χ1v) is 10.6. The molecule has 0 saturated carbocycles. The Hall–Kier alpha value is -1.92. The Kier molecular flexibility index (Phi) is 7.24. The minimum atomic E-state index is 0.547. The molecule has 0 aliphatic carbocycles. The lowest BCUT2D eigenvalue weighted by Crippen LogP contribution is -2.49. The number of likely N-dealkylation sites (tertiary alicyclic amines) is 1. The lowest BCUT2D eigenvalue weighted by molar-refractivity contribution is 0.140. The molecule has 1 aliphatic heterocycles. The van der Waals surface area contributed by atoms with Crippen molar-refractivity contribution < 1.29 is 0 Å². The molecular weight excluding hydrogens is 354 g/mol. The average Bonchev–Trinajstić information content (AvgIpc) is 3.09. The maximum Gasteiger partial charge on any atom is 0.193 e. The van der Waals surface area contributed by atoms with Crippen LogP contribution >= 0.6 is 11.3 Å². The number of nitrogens with one attached hydrogen (secondary N) is 1. The van der Waals surface area contributed by atoms with Crippen LogP contribution in [0.3, 0.4) is 0 Å². The summed E-state index contributed by atoms with van der Waals surface area (Å²) in [5, 5.41) is 6.83. The molecule has 0 radical (unpaired) electrons. The van der Waals surface area contributed by atoms with Crippen LogP contribution in [-0.2, 0) is 13.1 Å². The number of aromatic nitrogens is 1. The SMILES string of the molecule is CN=C(NCC1CCCCN1Cc1ccccc1)N(C)Cc1csc(C)n1. The second-order valence-corrected chi connectivity index (χ2v) is 8.31. The molecule has 1 atom stereocenters. The van der Waals surface area contributed by atoms with Crippen molar-refractivity contribution in [3.05, 3.63) is 52.0 Å². The van der Waals surface area contributed by atoms with Crippen LogP contribution in [0.4, 0.5) is 0 Å². The Balaban J connectivity index is 1.55. The highest BCUT2D eigenvalue weighted by Gasteiger charge is 2.23. The van der Waals surface area contributed by atoms with E-state index in [-0.39, 0.29) is 0 Å². The van der Waals surface area contributed by atoms with E-state index < -0.39 is 0 Å². The van der Waals surface area contributed by atoms with Gasteiger partial charge in [0.2, 0.25) is 0 Å². The van der Waals surface area contributed by atoms with Crippen LogP contribution in [0.1, 0.15) is 35.5 Å². The molecule has 1 aromatic heterocycles. The van der Waals surface area contributed by atoms with Gasteiger partial charge < -0.3 is 10.2 Å². The van der Waals surface area contributed by atoms with Gasteiger partial charge >= 0.3 is 0 Å². The van der Waals surface area contributed by atoms with Crippen LogP contribution < -0.4 is 5.32 Å². The van der Waals surface area contributed by atoms with E-state index in [2.05, 4.69) is 67.9 Å². The number of aliphatic imine (C=N–C) groups is 1. The van der Waals surface area contributed by atoms with Crippen LogP contribution in [0.5, 0.6) is 0 Å². The Morgan fingerprint density at radius 3 is 2.85 bits per heavy atom. The van der Waals surface area contributed by atoms with E-state index in [0.29, 0.717) is 6.04 Å². The summed E-state index contributed by atoms with van der Waals surface area (Å²) in [5.41, 5.74) is 2.50. The summed E-state index contributed by atoms with van der Waals surface area (Å²) in [5.74, 6) is 0.936. The molecule has 1 N–H and O–H groups in total. The predicted octanol–water partition coefficient (Wildman–Crippen LogP) is 3.51. The number of rotatable bonds is 6. The first-order chi connectivity index (χ1) is 13.2. The van der Waals surface area contributed by atoms with Crippen molar-refractivity contribution in [1.29, 1.82) is 0 Å².